The van der Waals surface area contributed by atoms with Crippen LogP contribution in [0.2, 0.25) is 5.02 Å². The second kappa shape index (κ2) is 6.36. The Kier molecular flexibility index (Phi) is 4.80. The van der Waals surface area contributed by atoms with Crippen LogP contribution in [-0.4, -0.2) is 37.3 Å². The van der Waals surface area contributed by atoms with Crippen molar-refractivity contribution in [3.63, 3.8) is 0 Å². The quantitative estimate of drug-likeness (QED) is 0.908. The molecule has 4 nitrogen and oxygen atoms in total. The summed E-state index contributed by atoms with van der Waals surface area (Å²) >= 11 is 6.17. The number of anilines is 1. The Bertz CT molecular complexity index is 392. The molecular weight excluding hydrogens is 250 g/mol. The number of rotatable bonds is 4. The maximum Gasteiger partial charge on any atom is 0.129 e. The van der Waals surface area contributed by atoms with E-state index in [2.05, 4.69) is 35.1 Å². The molecular formula is C13H20ClN3O. The van der Waals surface area contributed by atoms with Crippen LogP contribution in [0, 0.1) is 0 Å². The molecule has 0 atom stereocenters. The van der Waals surface area contributed by atoms with Gasteiger partial charge in [-0.05, 0) is 11.6 Å². The smallest absolute Gasteiger partial charge is 0.129 e. The molecule has 1 aromatic rings. The van der Waals surface area contributed by atoms with Crippen LogP contribution in [0.5, 0.6) is 0 Å². The maximum atomic E-state index is 6.17. The minimum Gasteiger partial charge on any atom is -0.378 e. The van der Waals surface area contributed by atoms with Crippen molar-refractivity contribution in [3.05, 3.63) is 22.8 Å². The molecule has 0 radical (unpaired) electrons. The molecule has 100 valence electrons. The molecule has 0 amide bonds. The lowest BCUT2D eigenvalue weighted by molar-refractivity contribution is 0.122. The minimum absolute atomic E-state index is 0.445. The van der Waals surface area contributed by atoms with Crippen molar-refractivity contribution in [1.82, 2.24) is 10.3 Å². The van der Waals surface area contributed by atoms with Crippen molar-refractivity contribution < 1.29 is 4.74 Å². The first kappa shape index (κ1) is 13.6. The number of nitrogens with zero attached hydrogens (tertiary/aromatic N) is 2. The fourth-order valence-corrected chi connectivity index (χ4v) is 2.05. The molecule has 2 heterocycles. The van der Waals surface area contributed by atoms with Crippen molar-refractivity contribution in [2.45, 2.75) is 26.4 Å². The number of nitrogens with one attached hydrogen (secondary N) is 1. The Balaban J connectivity index is 2.09. The average Bonchev–Trinajstić information content (AvgIpc) is 2.38. The molecule has 1 aliphatic heterocycles. The first-order valence-corrected chi connectivity index (χ1v) is 6.75. The summed E-state index contributed by atoms with van der Waals surface area (Å²) in [5, 5.41) is 4.10. The van der Waals surface area contributed by atoms with Crippen LogP contribution < -0.4 is 10.2 Å². The molecule has 0 bridgehead atoms. The van der Waals surface area contributed by atoms with Crippen molar-refractivity contribution >= 4 is 17.4 Å². The Morgan fingerprint density at radius 3 is 2.83 bits per heavy atom. The van der Waals surface area contributed by atoms with Gasteiger partial charge >= 0.3 is 0 Å². The third kappa shape index (κ3) is 3.57. The Hall–Kier alpha value is -0.840. The number of halogens is 1. The van der Waals surface area contributed by atoms with Gasteiger partial charge in [0.05, 0.1) is 18.2 Å². The van der Waals surface area contributed by atoms with E-state index in [1.807, 2.05) is 0 Å². The van der Waals surface area contributed by atoms with Gasteiger partial charge in [0, 0.05) is 31.9 Å². The average molecular weight is 270 g/mol. The lowest BCUT2D eigenvalue weighted by Gasteiger charge is -2.28. The van der Waals surface area contributed by atoms with Gasteiger partial charge in [0.25, 0.3) is 0 Å². The van der Waals surface area contributed by atoms with Crippen LogP contribution in [0.4, 0.5) is 5.82 Å². The van der Waals surface area contributed by atoms with E-state index in [1.54, 1.807) is 6.20 Å². The standard InChI is InChI=1S/C13H20ClN3O/c1-10(2)15-8-11-7-13(16-9-12(11)14)17-3-5-18-6-4-17/h7,9-10,15H,3-6,8H2,1-2H3. The van der Waals surface area contributed by atoms with E-state index in [0.717, 1.165) is 49.3 Å². The third-order valence-corrected chi connectivity index (χ3v) is 3.30. The van der Waals surface area contributed by atoms with E-state index < -0.39 is 0 Å². The van der Waals surface area contributed by atoms with Crippen LogP contribution in [0.3, 0.4) is 0 Å². The van der Waals surface area contributed by atoms with E-state index in [0.29, 0.717) is 6.04 Å². The molecule has 1 saturated heterocycles. The third-order valence-electron chi connectivity index (χ3n) is 2.96. The second-order valence-corrected chi connectivity index (χ2v) is 5.18. The van der Waals surface area contributed by atoms with Crippen LogP contribution in [0.1, 0.15) is 19.4 Å². The lowest BCUT2D eigenvalue weighted by atomic mass is 10.2. The largest absolute Gasteiger partial charge is 0.378 e. The second-order valence-electron chi connectivity index (χ2n) is 4.77. The molecule has 1 aromatic heterocycles. The Morgan fingerprint density at radius 1 is 1.44 bits per heavy atom. The highest BCUT2D eigenvalue weighted by molar-refractivity contribution is 6.31. The maximum absolute atomic E-state index is 6.17. The van der Waals surface area contributed by atoms with Crippen LogP contribution in [-0.2, 0) is 11.3 Å². The summed E-state index contributed by atoms with van der Waals surface area (Å²) in [6.45, 7) is 8.34. The van der Waals surface area contributed by atoms with E-state index in [1.165, 1.54) is 0 Å². The van der Waals surface area contributed by atoms with Crippen molar-refractivity contribution in [1.29, 1.82) is 0 Å². The molecule has 0 aliphatic carbocycles. The highest BCUT2D eigenvalue weighted by Gasteiger charge is 2.14. The summed E-state index contributed by atoms with van der Waals surface area (Å²) in [5.74, 6) is 0.989. The fraction of sp³-hybridized carbons (Fsp3) is 0.615. The van der Waals surface area contributed by atoms with Gasteiger partial charge in [-0.25, -0.2) is 4.98 Å². The Morgan fingerprint density at radius 2 is 2.17 bits per heavy atom. The highest BCUT2D eigenvalue weighted by atomic mass is 35.5. The van der Waals surface area contributed by atoms with Gasteiger partial charge in [-0.1, -0.05) is 25.4 Å². The van der Waals surface area contributed by atoms with Crippen LogP contribution in [0.15, 0.2) is 12.3 Å². The first-order chi connectivity index (χ1) is 8.66. The number of hydrogen-bond donors (Lipinski definition) is 1. The summed E-state index contributed by atoms with van der Waals surface area (Å²) in [5.41, 5.74) is 1.10. The minimum atomic E-state index is 0.445. The molecule has 2 rings (SSSR count). The van der Waals surface area contributed by atoms with Gasteiger partial charge in [-0.2, -0.15) is 0 Å². The van der Waals surface area contributed by atoms with Gasteiger partial charge in [-0.3, -0.25) is 0 Å². The number of pyridine rings is 1. The predicted molar refractivity (Wildman–Crippen MR) is 74.3 cm³/mol. The number of morpholine rings is 1. The molecule has 1 N–H and O–H groups in total. The molecule has 18 heavy (non-hydrogen) atoms. The SMILES string of the molecule is CC(C)NCc1cc(N2CCOCC2)ncc1Cl. The molecule has 1 fully saturated rings. The number of aromatic nitrogens is 1. The van der Waals surface area contributed by atoms with Crippen molar-refractivity contribution in [2.75, 3.05) is 31.2 Å². The van der Waals surface area contributed by atoms with Crippen LogP contribution in [0.25, 0.3) is 0 Å². The number of hydrogen-bond acceptors (Lipinski definition) is 4. The molecule has 5 heteroatoms. The Labute approximate surface area is 113 Å². The van der Waals surface area contributed by atoms with Gasteiger partial charge in [0.2, 0.25) is 0 Å². The van der Waals surface area contributed by atoms with Crippen molar-refractivity contribution in [3.8, 4) is 0 Å². The zero-order valence-electron chi connectivity index (χ0n) is 10.9. The zero-order valence-corrected chi connectivity index (χ0v) is 11.7. The lowest BCUT2D eigenvalue weighted by Crippen LogP contribution is -2.36. The van der Waals surface area contributed by atoms with Crippen LogP contribution >= 0.6 is 11.6 Å². The monoisotopic (exact) mass is 269 g/mol. The van der Waals surface area contributed by atoms with Crippen molar-refractivity contribution in [2.24, 2.45) is 0 Å². The van der Waals surface area contributed by atoms with Gasteiger partial charge in [0.15, 0.2) is 0 Å². The van der Waals surface area contributed by atoms with E-state index in [4.69, 9.17) is 16.3 Å². The summed E-state index contributed by atoms with van der Waals surface area (Å²) in [6.07, 6.45) is 1.74. The molecule has 1 aliphatic rings. The van der Waals surface area contributed by atoms with Gasteiger partial charge in [0.1, 0.15) is 5.82 Å². The predicted octanol–water partition coefficient (Wildman–Crippen LogP) is 2.07. The molecule has 0 aromatic carbocycles. The van der Waals surface area contributed by atoms with E-state index >= 15 is 0 Å². The number of ether oxygens (including phenoxy) is 1. The highest BCUT2D eigenvalue weighted by Crippen LogP contribution is 2.21. The van der Waals surface area contributed by atoms with Gasteiger partial charge < -0.3 is 15.0 Å². The summed E-state index contributed by atoms with van der Waals surface area (Å²) in [7, 11) is 0. The fourth-order valence-electron chi connectivity index (χ4n) is 1.88. The first-order valence-electron chi connectivity index (χ1n) is 6.37. The summed E-state index contributed by atoms with van der Waals surface area (Å²) in [4.78, 5) is 6.64. The van der Waals surface area contributed by atoms with E-state index in [9.17, 15) is 0 Å². The van der Waals surface area contributed by atoms with E-state index in [-0.39, 0.29) is 0 Å². The zero-order chi connectivity index (χ0) is 13.0. The topological polar surface area (TPSA) is 37.4 Å². The molecule has 0 spiro atoms. The summed E-state index contributed by atoms with van der Waals surface area (Å²) in [6, 6.07) is 2.52. The summed E-state index contributed by atoms with van der Waals surface area (Å²) < 4.78 is 5.35. The molecule has 0 unspecified atom stereocenters. The normalized spacial score (nSPS) is 16.3. The van der Waals surface area contributed by atoms with Gasteiger partial charge in [-0.15, -0.1) is 0 Å². The molecule has 0 saturated carbocycles.